The smallest absolute Gasteiger partial charge is 0.0230 e. The van der Waals surface area contributed by atoms with E-state index in [0.29, 0.717) is 0 Å². The summed E-state index contributed by atoms with van der Waals surface area (Å²) in [6.45, 7) is 7.80. The molecule has 0 aliphatic carbocycles. The topological polar surface area (TPSA) is 0 Å². The molecule has 26 heavy (non-hydrogen) atoms. The van der Waals surface area contributed by atoms with Crippen molar-refractivity contribution >= 4 is 12.2 Å². The van der Waals surface area contributed by atoms with Crippen molar-refractivity contribution in [1.82, 2.24) is 0 Å². The van der Waals surface area contributed by atoms with Crippen LogP contribution in [0.15, 0.2) is 86.0 Å². The van der Waals surface area contributed by atoms with Crippen molar-refractivity contribution in [2.24, 2.45) is 0 Å². The highest BCUT2D eigenvalue weighted by molar-refractivity contribution is 5.52. The van der Waals surface area contributed by atoms with Gasteiger partial charge in [-0.05, 0) is 59.1 Å². The van der Waals surface area contributed by atoms with Gasteiger partial charge in [-0.25, -0.2) is 0 Å². The molecular formula is C26H26. The van der Waals surface area contributed by atoms with Crippen LogP contribution >= 0.6 is 0 Å². The molecule has 0 unspecified atom stereocenters. The molecule has 0 heterocycles. The fraction of sp³-hybridized carbons (Fsp3) is 0.154. The molecule has 3 rings (SSSR count). The summed E-state index contributed by atoms with van der Waals surface area (Å²) in [5.74, 6) is 0. The summed E-state index contributed by atoms with van der Waals surface area (Å²) in [6.07, 6.45) is 8.10. The molecule has 0 spiro atoms. The minimum atomic E-state index is 1.05. The quantitative estimate of drug-likeness (QED) is 0.437. The SMILES string of the molecule is C=Cc1cccc(CCc2ccccc2CCc2ccccc2C=C)c1. The molecule has 0 heteroatoms. The van der Waals surface area contributed by atoms with E-state index in [1.807, 2.05) is 12.2 Å². The van der Waals surface area contributed by atoms with Crippen LogP contribution in [0.1, 0.15) is 33.4 Å². The van der Waals surface area contributed by atoms with E-state index in [4.69, 9.17) is 0 Å². The predicted molar refractivity (Wildman–Crippen MR) is 114 cm³/mol. The molecule has 0 radical (unpaired) electrons. The van der Waals surface area contributed by atoms with Crippen LogP contribution in [0, 0.1) is 0 Å². The van der Waals surface area contributed by atoms with Crippen LogP contribution in [0.3, 0.4) is 0 Å². The van der Waals surface area contributed by atoms with Gasteiger partial charge in [-0.2, -0.15) is 0 Å². The Morgan fingerprint density at radius 2 is 1.19 bits per heavy atom. The van der Waals surface area contributed by atoms with E-state index in [2.05, 4.69) is 86.0 Å². The highest BCUT2D eigenvalue weighted by Gasteiger charge is 2.05. The molecular weight excluding hydrogens is 312 g/mol. The molecule has 0 aromatic heterocycles. The van der Waals surface area contributed by atoms with Crippen LogP contribution in [-0.2, 0) is 25.7 Å². The Hall–Kier alpha value is -2.86. The van der Waals surface area contributed by atoms with Crippen LogP contribution in [-0.4, -0.2) is 0 Å². The fourth-order valence-electron chi connectivity index (χ4n) is 3.43. The van der Waals surface area contributed by atoms with Crippen molar-refractivity contribution in [3.05, 3.63) is 119 Å². The maximum Gasteiger partial charge on any atom is -0.0230 e. The van der Waals surface area contributed by atoms with Crippen LogP contribution < -0.4 is 0 Å². The first kappa shape index (κ1) is 17.9. The zero-order valence-electron chi connectivity index (χ0n) is 15.3. The summed E-state index contributed by atoms with van der Waals surface area (Å²) in [4.78, 5) is 0. The van der Waals surface area contributed by atoms with Gasteiger partial charge in [0.1, 0.15) is 0 Å². The van der Waals surface area contributed by atoms with Gasteiger partial charge in [-0.3, -0.25) is 0 Å². The highest BCUT2D eigenvalue weighted by Crippen LogP contribution is 2.18. The molecule has 0 aliphatic rings. The largest absolute Gasteiger partial charge is 0.0985 e. The Kier molecular flexibility index (Phi) is 6.22. The van der Waals surface area contributed by atoms with Crippen molar-refractivity contribution < 1.29 is 0 Å². The first-order chi connectivity index (χ1) is 12.8. The zero-order chi connectivity index (χ0) is 18.2. The lowest BCUT2D eigenvalue weighted by atomic mass is 9.94. The van der Waals surface area contributed by atoms with Gasteiger partial charge in [-0.1, -0.05) is 98.1 Å². The van der Waals surface area contributed by atoms with E-state index < -0.39 is 0 Å². The number of rotatable bonds is 8. The summed E-state index contributed by atoms with van der Waals surface area (Å²) in [7, 11) is 0. The molecule has 0 atom stereocenters. The van der Waals surface area contributed by atoms with E-state index in [1.165, 1.54) is 33.4 Å². The standard InChI is InChI=1S/C26H26/c1-3-21-10-9-11-22(20-21)16-17-25-14-7-8-15-26(25)19-18-24-13-6-5-12-23(24)4-2/h3-15,20H,1-2,16-19H2. The minimum absolute atomic E-state index is 1.05. The molecule has 0 aliphatic heterocycles. The van der Waals surface area contributed by atoms with Gasteiger partial charge in [0.05, 0.1) is 0 Å². The van der Waals surface area contributed by atoms with Gasteiger partial charge in [0.2, 0.25) is 0 Å². The van der Waals surface area contributed by atoms with E-state index in [0.717, 1.165) is 25.7 Å². The normalized spacial score (nSPS) is 10.5. The molecule has 0 amide bonds. The lowest BCUT2D eigenvalue weighted by Crippen LogP contribution is -2.00. The predicted octanol–water partition coefficient (Wildman–Crippen LogP) is 6.54. The van der Waals surface area contributed by atoms with Crippen LogP contribution in [0.2, 0.25) is 0 Å². The second-order valence-electron chi connectivity index (χ2n) is 6.62. The molecule has 3 aromatic carbocycles. The second kappa shape index (κ2) is 9.01. The Balaban J connectivity index is 1.69. The van der Waals surface area contributed by atoms with E-state index >= 15 is 0 Å². The number of aryl methyl sites for hydroxylation is 4. The van der Waals surface area contributed by atoms with E-state index in [-0.39, 0.29) is 0 Å². The third-order valence-electron chi connectivity index (χ3n) is 4.93. The van der Waals surface area contributed by atoms with Gasteiger partial charge in [-0.15, -0.1) is 0 Å². The van der Waals surface area contributed by atoms with Crippen LogP contribution in [0.5, 0.6) is 0 Å². The van der Waals surface area contributed by atoms with Crippen LogP contribution in [0.25, 0.3) is 12.2 Å². The average molecular weight is 338 g/mol. The van der Waals surface area contributed by atoms with Gasteiger partial charge in [0.15, 0.2) is 0 Å². The summed E-state index contributed by atoms with van der Waals surface area (Å²) < 4.78 is 0. The molecule has 0 saturated carbocycles. The number of hydrogen-bond acceptors (Lipinski definition) is 0. The van der Waals surface area contributed by atoms with Crippen molar-refractivity contribution in [1.29, 1.82) is 0 Å². The zero-order valence-corrected chi connectivity index (χ0v) is 15.3. The van der Waals surface area contributed by atoms with Gasteiger partial charge < -0.3 is 0 Å². The van der Waals surface area contributed by atoms with E-state index in [9.17, 15) is 0 Å². The molecule has 0 bridgehead atoms. The summed E-state index contributed by atoms with van der Waals surface area (Å²) in [5.41, 5.74) is 8.08. The maximum absolute atomic E-state index is 3.93. The maximum atomic E-state index is 3.93. The van der Waals surface area contributed by atoms with Gasteiger partial charge in [0.25, 0.3) is 0 Å². The summed E-state index contributed by atoms with van der Waals surface area (Å²) >= 11 is 0. The van der Waals surface area contributed by atoms with Crippen molar-refractivity contribution in [3.63, 3.8) is 0 Å². The number of benzene rings is 3. The highest BCUT2D eigenvalue weighted by atomic mass is 14.1. The molecule has 0 fully saturated rings. The molecule has 3 aromatic rings. The third kappa shape index (κ3) is 4.61. The molecule has 0 saturated heterocycles. The average Bonchev–Trinajstić information content (AvgIpc) is 2.71. The Bertz CT molecular complexity index is 886. The van der Waals surface area contributed by atoms with Crippen molar-refractivity contribution in [2.75, 3.05) is 0 Å². The first-order valence-electron chi connectivity index (χ1n) is 9.28. The monoisotopic (exact) mass is 338 g/mol. The minimum Gasteiger partial charge on any atom is -0.0985 e. The Morgan fingerprint density at radius 1 is 0.577 bits per heavy atom. The van der Waals surface area contributed by atoms with Crippen LogP contribution in [0.4, 0.5) is 0 Å². The molecule has 0 nitrogen and oxygen atoms in total. The Labute approximate surface area is 157 Å². The lowest BCUT2D eigenvalue weighted by molar-refractivity contribution is 0.893. The van der Waals surface area contributed by atoms with Gasteiger partial charge >= 0.3 is 0 Å². The van der Waals surface area contributed by atoms with Gasteiger partial charge in [0, 0.05) is 0 Å². The summed E-state index contributed by atoms with van der Waals surface area (Å²) in [6, 6.07) is 26.0. The lowest BCUT2D eigenvalue weighted by Gasteiger charge is -2.11. The molecule has 0 N–H and O–H groups in total. The Morgan fingerprint density at radius 3 is 1.88 bits per heavy atom. The van der Waals surface area contributed by atoms with Crippen molar-refractivity contribution in [3.8, 4) is 0 Å². The van der Waals surface area contributed by atoms with Crippen molar-refractivity contribution in [2.45, 2.75) is 25.7 Å². The molecule has 130 valence electrons. The third-order valence-corrected chi connectivity index (χ3v) is 4.93. The number of hydrogen-bond donors (Lipinski definition) is 0. The van der Waals surface area contributed by atoms with E-state index in [1.54, 1.807) is 0 Å². The summed E-state index contributed by atoms with van der Waals surface area (Å²) in [5, 5.41) is 0. The fourth-order valence-corrected chi connectivity index (χ4v) is 3.43. The first-order valence-corrected chi connectivity index (χ1v) is 9.28. The second-order valence-corrected chi connectivity index (χ2v) is 6.62.